The van der Waals surface area contributed by atoms with Crippen molar-refractivity contribution in [3.05, 3.63) is 20.8 Å². The lowest BCUT2D eigenvalue weighted by Crippen LogP contribution is -2.27. The molecule has 0 radical (unpaired) electrons. The largest absolute Gasteiger partial charge is 0.364 e. The molecule has 1 aromatic heterocycles. The van der Waals surface area contributed by atoms with Gasteiger partial charge in [-0.1, -0.05) is 25.7 Å². The molecule has 0 amide bonds. The number of anilines is 1. The Labute approximate surface area is 98.8 Å². The van der Waals surface area contributed by atoms with Crippen LogP contribution < -0.4 is 16.6 Å². The van der Waals surface area contributed by atoms with Crippen LogP contribution in [0.15, 0.2) is 9.59 Å². The number of rotatable bonds is 5. The Morgan fingerprint density at radius 1 is 1.29 bits per heavy atom. The highest BCUT2D eigenvalue weighted by Crippen LogP contribution is 2.28. The van der Waals surface area contributed by atoms with Crippen molar-refractivity contribution in [2.45, 2.75) is 38.5 Å². The Bertz CT molecular complexity index is 459. The van der Waals surface area contributed by atoms with Gasteiger partial charge in [0.15, 0.2) is 0 Å². The molecule has 3 N–H and O–H groups in total. The molecule has 6 nitrogen and oxygen atoms in total. The predicted octanol–water partition coefficient (Wildman–Crippen LogP) is 0.840. The zero-order chi connectivity index (χ0) is 12.1. The van der Waals surface area contributed by atoms with E-state index in [0.29, 0.717) is 0 Å². The van der Waals surface area contributed by atoms with E-state index in [1.807, 2.05) is 0 Å². The number of nitrogens with zero attached hydrogens (tertiary/aromatic N) is 1. The topological polar surface area (TPSA) is 90.6 Å². The molecule has 1 fully saturated rings. The van der Waals surface area contributed by atoms with Gasteiger partial charge in [0.2, 0.25) is 5.82 Å². The highest BCUT2D eigenvalue weighted by Gasteiger charge is 2.14. The lowest BCUT2D eigenvalue weighted by molar-refractivity contribution is 0.491. The molecule has 0 saturated heterocycles. The van der Waals surface area contributed by atoms with Crippen molar-refractivity contribution in [3.8, 4) is 0 Å². The fraction of sp³-hybridized carbons (Fsp3) is 0.727. The lowest BCUT2D eigenvalue weighted by Gasteiger charge is -2.08. The normalized spacial score (nSPS) is 16.2. The van der Waals surface area contributed by atoms with Crippen molar-refractivity contribution in [2.24, 2.45) is 5.92 Å². The number of nitrogens with one attached hydrogen (secondary N) is 3. The van der Waals surface area contributed by atoms with Crippen LogP contribution in [-0.2, 0) is 0 Å². The van der Waals surface area contributed by atoms with Crippen molar-refractivity contribution < 1.29 is 0 Å². The highest BCUT2D eigenvalue weighted by atomic mass is 16.2. The second-order valence-corrected chi connectivity index (χ2v) is 4.57. The van der Waals surface area contributed by atoms with Gasteiger partial charge < -0.3 is 5.32 Å². The predicted molar refractivity (Wildman–Crippen MR) is 65.2 cm³/mol. The van der Waals surface area contributed by atoms with Crippen molar-refractivity contribution in [1.29, 1.82) is 0 Å². The summed E-state index contributed by atoms with van der Waals surface area (Å²) in [6.45, 7) is 0.721. The summed E-state index contributed by atoms with van der Waals surface area (Å²) in [4.78, 5) is 24.2. The van der Waals surface area contributed by atoms with E-state index < -0.39 is 11.2 Å². The number of aromatic amines is 2. The molecule has 6 heteroatoms. The molecule has 0 aliphatic heterocycles. The van der Waals surface area contributed by atoms with Crippen LogP contribution in [0.1, 0.15) is 38.5 Å². The third kappa shape index (κ3) is 3.44. The van der Waals surface area contributed by atoms with Gasteiger partial charge in [-0.05, 0) is 18.8 Å². The van der Waals surface area contributed by atoms with Crippen LogP contribution >= 0.6 is 0 Å². The first kappa shape index (κ1) is 11.9. The Kier molecular flexibility index (Phi) is 3.95. The van der Waals surface area contributed by atoms with E-state index in [1.165, 1.54) is 32.1 Å². The summed E-state index contributed by atoms with van der Waals surface area (Å²) < 4.78 is 0. The molecule has 0 unspecified atom stereocenters. The molecular weight excluding hydrogens is 220 g/mol. The van der Waals surface area contributed by atoms with E-state index in [4.69, 9.17) is 0 Å². The first-order valence-electron chi connectivity index (χ1n) is 6.18. The van der Waals surface area contributed by atoms with Crippen LogP contribution in [0.4, 0.5) is 5.82 Å². The lowest BCUT2D eigenvalue weighted by atomic mass is 10.0. The van der Waals surface area contributed by atoms with Gasteiger partial charge in [-0.15, -0.1) is 5.10 Å². The van der Waals surface area contributed by atoms with Crippen molar-refractivity contribution in [1.82, 2.24) is 15.2 Å². The summed E-state index contributed by atoms with van der Waals surface area (Å²) in [6.07, 6.45) is 7.65. The number of hydrogen-bond acceptors (Lipinski definition) is 4. The van der Waals surface area contributed by atoms with Crippen LogP contribution in [0.2, 0.25) is 0 Å². The van der Waals surface area contributed by atoms with Crippen molar-refractivity contribution in [3.63, 3.8) is 0 Å². The molecule has 0 atom stereocenters. The molecule has 0 spiro atoms. The zero-order valence-corrected chi connectivity index (χ0v) is 9.79. The van der Waals surface area contributed by atoms with E-state index in [0.717, 1.165) is 18.9 Å². The van der Waals surface area contributed by atoms with Gasteiger partial charge in [-0.25, -0.2) is 9.89 Å². The van der Waals surface area contributed by atoms with Gasteiger partial charge in [-0.3, -0.25) is 9.78 Å². The molecule has 1 aromatic rings. The second kappa shape index (κ2) is 5.65. The smallest absolute Gasteiger partial charge is 0.342 e. The Balaban J connectivity index is 1.74. The first-order valence-corrected chi connectivity index (χ1v) is 6.18. The van der Waals surface area contributed by atoms with Crippen LogP contribution in [-0.4, -0.2) is 21.7 Å². The molecular formula is C11H18N4O2. The summed E-state index contributed by atoms with van der Waals surface area (Å²) in [7, 11) is 0. The summed E-state index contributed by atoms with van der Waals surface area (Å²) in [5, 5.41) is 8.79. The minimum absolute atomic E-state index is 0.191. The van der Waals surface area contributed by atoms with E-state index in [9.17, 15) is 9.59 Å². The van der Waals surface area contributed by atoms with Crippen LogP contribution in [0.5, 0.6) is 0 Å². The molecule has 0 aromatic carbocycles. The van der Waals surface area contributed by atoms with Gasteiger partial charge in [-0.2, -0.15) is 0 Å². The van der Waals surface area contributed by atoms with Crippen molar-refractivity contribution >= 4 is 5.82 Å². The molecule has 17 heavy (non-hydrogen) atoms. The minimum atomic E-state index is -0.577. The van der Waals surface area contributed by atoms with Crippen LogP contribution in [0.25, 0.3) is 0 Å². The number of hydrogen-bond donors (Lipinski definition) is 3. The van der Waals surface area contributed by atoms with E-state index in [2.05, 4.69) is 20.5 Å². The fourth-order valence-corrected chi connectivity index (χ4v) is 2.36. The molecule has 1 saturated carbocycles. The minimum Gasteiger partial charge on any atom is -0.364 e. The molecule has 1 heterocycles. The maximum Gasteiger partial charge on any atom is 0.342 e. The average Bonchev–Trinajstić information content (AvgIpc) is 2.79. The van der Waals surface area contributed by atoms with E-state index in [1.54, 1.807) is 0 Å². The Morgan fingerprint density at radius 2 is 2.06 bits per heavy atom. The van der Waals surface area contributed by atoms with Gasteiger partial charge in [0.25, 0.3) is 5.56 Å². The Hall–Kier alpha value is -1.59. The van der Waals surface area contributed by atoms with E-state index in [-0.39, 0.29) is 5.82 Å². The summed E-state index contributed by atoms with van der Waals surface area (Å²) in [5.74, 6) is 1.05. The highest BCUT2D eigenvalue weighted by molar-refractivity contribution is 5.28. The fourth-order valence-electron chi connectivity index (χ4n) is 2.36. The number of H-pyrrole nitrogens is 2. The van der Waals surface area contributed by atoms with Gasteiger partial charge in [0.1, 0.15) is 0 Å². The monoisotopic (exact) mass is 238 g/mol. The Morgan fingerprint density at radius 3 is 2.76 bits per heavy atom. The third-order valence-electron chi connectivity index (χ3n) is 3.27. The van der Waals surface area contributed by atoms with E-state index >= 15 is 0 Å². The van der Waals surface area contributed by atoms with Gasteiger partial charge >= 0.3 is 5.69 Å². The maximum atomic E-state index is 11.3. The maximum absolute atomic E-state index is 11.3. The molecule has 1 aliphatic rings. The quantitative estimate of drug-likeness (QED) is 0.663. The molecule has 94 valence electrons. The van der Waals surface area contributed by atoms with Gasteiger partial charge in [0.05, 0.1) is 0 Å². The summed E-state index contributed by atoms with van der Waals surface area (Å²) in [6, 6.07) is 0. The van der Waals surface area contributed by atoms with Crippen LogP contribution in [0.3, 0.4) is 0 Å². The summed E-state index contributed by atoms with van der Waals surface area (Å²) >= 11 is 0. The third-order valence-corrected chi connectivity index (χ3v) is 3.27. The zero-order valence-electron chi connectivity index (χ0n) is 9.79. The average molecular weight is 238 g/mol. The SMILES string of the molecule is O=c1[nH]nc(NCCCC2CCCC2)c(=O)[nH]1. The first-order chi connectivity index (χ1) is 8.25. The number of aromatic nitrogens is 3. The van der Waals surface area contributed by atoms with Crippen molar-refractivity contribution in [2.75, 3.05) is 11.9 Å². The van der Waals surface area contributed by atoms with Gasteiger partial charge in [0, 0.05) is 6.54 Å². The molecule has 1 aliphatic carbocycles. The molecule has 0 bridgehead atoms. The molecule has 2 rings (SSSR count). The summed E-state index contributed by atoms with van der Waals surface area (Å²) in [5.41, 5.74) is -1.04. The second-order valence-electron chi connectivity index (χ2n) is 4.57. The van der Waals surface area contributed by atoms with Crippen LogP contribution in [0, 0.1) is 5.92 Å². The standard InChI is InChI=1S/C11H18N4O2/c16-10-9(14-15-11(17)13-10)12-7-3-6-8-4-1-2-5-8/h8H,1-7H2,(H,12,14)(H2,13,15,16,17).